The Hall–Kier alpha value is -3.32. The van der Waals surface area contributed by atoms with Gasteiger partial charge in [-0.1, -0.05) is 31.2 Å². The zero-order chi connectivity index (χ0) is 27.1. The first-order valence-corrected chi connectivity index (χ1v) is 13.4. The summed E-state index contributed by atoms with van der Waals surface area (Å²) < 4.78 is 32.8. The van der Waals surface area contributed by atoms with Gasteiger partial charge < -0.3 is 9.64 Å². The summed E-state index contributed by atoms with van der Waals surface area (Å²) in [5.74, 6) is -0.107. The summed E-state index contributed by atoms with van der Waals surface area (Å²) in [5, 5.41) is 0. The van der Waals surface area contributed by atoms with Gasteiger partial charge in [0.2, 0.25) is 0 Å². The Labute approximate surface area is 224 Å². The first-order chi connectivity index (χ1) is 18.3. The molecule has 0 radical (unpaired) electrons. The molecular formula is C31H37F2N3O2. The van der Waals surface area contributed by atoms with Crippen molar-refractivity contribution in [2.45, 2.75) is 51.6 Å². The molecule has 38 heavy (non-hydrogen) atoms. The largest absolute Gasteiger partial charge is 0.456 e. The predicted molar refractivity (Wildman–Crippen MR) is 147 cm³/mol. The average molecular weight is 522 g/mol. The number of hydrogen-bond acceptors (Lipinski definition) is 5. The van der Waals surface area contributed by atoms with Crippen LogP contribution in [0, 0.1) is 11.6 Å². The van der Waals surface area contributed by atoms with E-state index in [2.05, 4.69) is 14.8 Å². The van der Waals surface area contributed by atoms with Crippen molar-refractivity contribution in [2.24, 2.45) is 0 Å². The molecule has 1 aliphatic heterocycles. The fraction of sp³-hybridized carbons (Fsp3) is 0.419. The third-order valence-electron chi connectivity index (χ3n) is 7.41. The van der Waals surface area contributed by atoms with Crippen molar-refractivity contribution in [3.05, 3.63) is 95.2 Å². The van der Waals surface area contributed by atoms with Gasteiger partial charge in [-0.05, 0) is 87.2 Å². The summed E-state index contributed by atoms with van der Waals surface area (Å²) in [6.07, 6.45) is 4.28. The number of pyridine rings is 1. The lowest BCUT2D eigenvalue weighted by molar-refractivity contribution is -0.00241. The van der Waals surface area contributed by atoms with Crippen LogP contribution in [0.15, 0.2) is 66.9 Å². The molecule has 1 aliphatic rings. The maximum Gasteiger partial charge on any atom is 0.342 e. The van der Waals surface area contributed by atoms with Crippen LogP contribution >= 0.6 is 0 Å². The lowest BCUT2D eigenvalue weighted by Gasteiger charge is -2.36. The number of halogens is 2. The minimum atomic E-state index is -0.525. The quantitative estimate of drug-likeness (QED) is 0.287. The molecule has 3 aromatic rings. The molecule has 0 unspecified atom stereocenters. The molecule has 2 heterocycles. The molecular weight excluding hydrogens is 484 g/mol. The fourth-order valence-corrected chi connectivity index (χ4v) is 4.80. The van der Waals surface area contributed by atoms with Crippen LogP contribution in [0.4, 0.5) is 14.6 Å². The highest BCUT2D eigenvalue weighted by Crippen LogP contribution is 2.30. The Morgan fingerprint density at radius 1 is 0.947 bits per heavy atom. The first kappa shape index (κ1) is 27.7. The summed E-state index contributed by atoms with van der Waals surface area (Å²) in [5.41, 5.74) is 2.04. The number of nitrogens with zero attached hydrogens (tertiary/aromatic N) is 3. The van der Waals surface area contributed by atoms with Gasteiger partial charge >= 0.3 is 5.97 Å². The van der Waals surface area contributed by atoms with E-state index in [1.54, 1.807) is 18.3 Å². The van der Waals surface area contributed by atoms with Crippen LogP contribution in [0.1, 0.15) is 67.4 Å². The highest BCUT2D eigenvalue weighted by Gasteiger charge is 2.27. The third kappa shape index (κ3) is 7.16. The van der Waals surface area contributed by atoms with Crippen molar-refractivity contribution >= 4 is 11.8 Å². The number of carbonyl (C=O) groups is 1. The van der Waals surface area contributed by atoms with E-state index < -0.39 is 5.60 Å². The van der Waals surface area contributed by atoms with E-state index in [1.807, 2.05) is 45.0 Å². The van der Waals surface area contributed by atoms with Crippen LogP contribution in [0.5, 0.6) is 0 Å². The van der Waals surface area contributed by atoms with E-state index in [-0.39, 0.29) is 23.5 Å². The van der Waals surface area contributed by atoms with Gasteiger partial charge in [0.1, 0.15) is 28.6 Å². The summed E-state index contributed by atoms with van der Waals surface area (Å²) in [6.45, 7) is 10.0. The topological polar surface area (TPSA) is 45.7 Å². The number of aromatic nitrogens is 1. The molecule has 0 N–H and O–H groups in total. The number of esters is 1. The zero-order valence-corrected chi connectivity index (χ0v) is 22.5. The van der Waals surface area contributed by atoms with Crippen LogP contribution < -0.4 is 4.90 Å². The van der Waals surface area contributed by atoms with Gasteiger partial charge in [0.25, 0.3) is 0 Å². The minimum absolute atomic E-state index is 0.0759. The van der Waals surface area contributed by atoms with Crippen molar-refractivity contribution < 1.29 is 18.3 Å². The number of hydrogen-bond donors (Lipinski definition) is 0. The van der Waals surface area contributed by atoms with E-state index in [9.17, 15) is 13.6 Å². The number of piperazine rings is 1. The summed E-state index contributed by atoms with van der Waals surface area (Å²) in [7, 11) is 0. The predicted octanol–water partition coefficient (Wildman–Crippen LogP) is 6.44. The maximum absolute atomic E-state index is 13.5. The molecule has 0 spiro atoms. The van der Waals surface area contributed by atoms with E-state index in [1.165, 1.54) is 24.3 Å². The Bertz CT molecular complexity index is 1150. The molecule has 0 bridgehead atoms. The van der Waals surface area contributed by atoms with Crippen LogP contribution in [0.2, 0.25) is 0 Å². The van der Waals surface area contributed by atoms with Gasteiger partial charge in [0.15, 0.2) is 0 Å². The molecule has 0 aliphatic carbocycles. The molecule has 5 nitrogen and oxygen atoms in total. The second-order valence-electron chi connectivity index (χ2n) is 10.5. The van der Waals surface area contributed by atoms with Gasteiger partial charge in [-0.15, -0.1) is 0 Å². The third-order valence-corrected chi connectivity index (χ3v) is 7.41. The molecule has 0 amide bonds. The van der Waals surface area contributed by atoms with Crippen molar-refractivity contribution in [3.8, 4) is 0 Å². The molecule has 1 saturated heterocycles. The normalized spacial score (nSPS) is 14.6. The van der Waals surface area contributed by atoms with Crippen molar-refractivity contribution in [1.29, 1.82) is 0 Å². The number of benzene rings is 2. The molecule has 7 heteroatoms. The second-order valence-corrected chi connectivity index (χ2v) is 10.5. The highest BCUT2D eigenvalue weighted by molar-refractivity contribution is 5.95. The molecule has 0 saturated carbocycles. The number of rotatable bonds is 10. The molecule has 1 fully saturated rings. The van der Waals surface area contributed by atoms with Crippen LogP contribution in [-0.4, -0.2) is 54.2 Å². The molecule has 2 aromatic carbocycles. The number of carbonyl (C=O) groups excluding carboxylic acids is 1. The molecule has 202 valence electrons. The van der Waals surface area contributed by atoms with E-state index >= 15 is 0 Å². The minimum Gasteiger partial charge on any atom is -0.456 e. The van der Waals surface area contributed by atoms with Crippen molar-refractivity contribution in [3.63, 3.8) is 0 Å². The second kappa shape index (κ2) is 12.5. The Morgan fingerprint density at radius 2 is 1.53 bits per heavy atom. The monoisotopic (exact) mass is 521 g/mol. The van der Waals surface area contributed by atoms with Crippen LogP contribution in [-0.2, 0) is 4.74 Å². The highest BCUT2D eigenvalue weighted by atomic mass is 19.1. The van der Waals surface area contributed by atoms with E-state index in [0.717, 1.165) is 63.1 Å². The Morgan fingerprint density at radius 3 is 2.08 bits per heavy atom. The smallest absolute Gasteiger partial charge is 0.342 e. The zero-order valence-electron chi connectivity index (χ0n) is 22.5. The lowest BCUT2D eigenvalue weighted by Crippen LogP contribution is -2.47. The summed E-state index contributed by atoms with van der Waals surface area (Å²) >= 11 is 0. The molecule has 0 atom stereocenters. The van der Waals surface area contributed by atoms with Crippen molar-refractivity contribution in [2.75, 3.05) is 37.6 Å². The van der Waals surface area contributed by atoms with E-state index in [4.69, 9.17) is 4.74 Å². The first-order valence-electron chi connectivity index (χ1n) is 13.4. The van der Waals surface area contributed by atoms with Gasteiger partial charge in [0, 0.05) is 38.3 Å². The number of ether oxygens (including phenoxy) is 1. The van der Waals surface area contributed by atoms with Crippen LogP contribution in [0.25, 0.3) is 0 Å². The standard InChI is InChI=1S/C31H37F2N3O2/c1-4-31(2,3)38-30(37)28-7-5-17-34-29(28)36-21-19-35(20-22-36)18-6-8-27(23-9-13-25(32)14-10-23)24-11-15-26(33)16-12-24/h5,7,9-17,27H,4,6,8,18-22H2,1-3H3. The number of anilines is 1. The Kier molecular flexibility index (Phi) is 9.10. The summed E-state index contributed by atoms with van der Waals surface area (Å²) in [6, 6.07) is 16.8. The molecule has 4 rings (SSSR count). The SMILES string of the molecule is CCC(C)(C)OC(=O)c1cccnc1N1CCN(CCCC(c2ccc(F)cc2)c2ccc(F)cc2)CC1. The van der Waals surface area contributed by atoms with Gasteiger partial charge in [-0.3, -0.25) is 4.90 Å². The lowest BCUT2D eigenvalue weighted by atomic mass is 9.87. The van der Waals surface area contributed by atoms with E-state index in [0.29, 0.717) is 11.4 Å². The van der Waals surface area contributed by atoms with Gasteiger partial charge in [-0.2, -0.15) is 0 Å². The maximum atomic E-state index is 13.5. The average Bonchev–Trinajstić information content (AvgIpc) is 2.92. The van der Waals surface area contributed by atoms with Crippen molar-refractivity contribution in [1.82, 2.24) is 9.88 Å². The Balaban J connectivity index is 1.34. The summed E-state index contributed by atoms with van der Waals surface area (Å²) in [4.78, 5) is 22.0. The van der Waals surface area contributed by atoms with Gasteiger partial charge in [-0.25, -0.2) is 18.6 Å². The van der Waals surface area contributed by atoms with Crippen LogP contribution in [0.3, 0.4) is 0 Å². The fourth-order valence-electron chi connectivity index (χ4n) is 4.80. The molecule has 1 aromatic heterocycles. The van der Waals surface area contributed by atoms with Gasteiger partial charge in [0.05, 0.1) is 0 Å².